The Morgan fingerprint density at radius 1 is 1.14 bits per heavy atom. The monoisotopic (exact) mass is 276 g/mol. The van der Waals surface area contributed by atoms with E-state index in [9.17, 15) is 5.11 Å². The molecule has 3 aromatic rings. The third kappa shape index (κ3) is 2.74. The zero-order chi connectivity index (χ0) is 14.7. The molecule has 3 rings (SSSR count). The molecule has 0 spiro atoms. The van der Waals surface area contributed by atoms with Crippen LogP contribution in [0.5, 0.6) is 5.88 Å². The van der Waals surface area contributed by atoms with Gasteiger partial charge in [-0.25, -0.2) is 4.98 Å². The van der Waals surface area contributed by atoms with Gasteiger partial charge in [-0.1, -0.05) is 30.3 Å². The maximum atomic E-state index is 10.0. The van der Waals surface area contributed by atoms with Crippen molar-refractivity contribution in [1.29, 1.82) is 5.26 Å². The molecule has 0 bridgehead atoms. The Morgan fingerprint density at radius 2 is 1.95 bits per heavy atom. The summed E-state index contributed by atoms with van der Waals surface area (Å²) in [5.74, 6) is 0.425. The second kappa shape index (κ2) is 5.47. The van der Waals surface area contributed by atoms with Gasteiger partial charge >= 0.3 is 0 Å². The predicted octanol–water partition coefficient (Wildman–Crippen LogP) is 2.44. The van der Waals surface area contributed by atoms with Crippen LogP contribution in [0.2, 0.25) is 0 Å². The van der Waals surface area contributed by atoms with E-state index in [1.54, 1.807) is 18.2 Å². The first-order valence-electron chi connectivity index (χ1n) is 6.44. The standard InChI is InChI=1S/C16H12N4O/c17-11-13-6-7-18-15(9-13)20-16(21)10-14(19-20)8-12-4-2-1-3-5-12/h1-7,9-10,21H,8H2. The second-order valence-electron chi connectivity index (χ2n) is 4.58. The molecular formula is C16H12N4O. The summed E-state index contributed by atoms with van der Waals surface area (Å²) < 4.78 is 1.33. The number of aromatic nitrogens is 3. The largest absolute Gasteiger partial charge is 0.493 e. The predicted molar refractivity (Wildman–Crippen MR) is 77.0 cm³/mol. The summed E-state index contributed by atoms with van der Waals surface area (Å²) in [5, 5.41) is 23.3. The van der Waals surface area contributed by atoms with Crippen LogP contribution in [-0.4, -0.2) is 19.9 Å². The molecule has 0 unspecified atom stereocenters. The highest BCUT2D eigenvalue weighted by molar-refractivity contribution is 5.38. The molecule has 5 nitrogen and oxygen atoms in total. The van der Waals surface area contributed by atoms with E-state index >= 15 is 0 Å². The van der Waals surface area contributed by atoms with Crippen molar-refractivity contribution in [1.82, 2.24) is 14.8 Å². The van der Waals surface area contributed by atoms with Crippen LogP contribution in [0.1, 0.15) is 16.8 Å². The van der Waals surface area contributed by atoms with Crippen molar-refractivity contribution in [2.45, 2.75) is 6.42 Å². The van der Waals surface area contributed by atoms with Gasteiger partial charge in [0.05, 0.1) is 17.3 Å². The number of pyridine rings is 1. The first-order chi connectivity index (χ1) is 10.3. The van der Waals surface area contributed by atoms with Crippen LogP contribution < -0.4 is 0 Å². The van der Waals surface area contributed by atoms with Crippen molar-refractivity contribution in [2.24, 2.45) is 0 Å². The molecule has 0 aliphatic rings. The van der Waals surface area contributed by atoms with Crippen LogP contribution in [0, 0.1) is 11.3 Å². The van der Waals surface area contributed by atoms with Crippen LogP contribution in [-0.2, 0) is 6.42 Å². The highest BCUT2D eigenvalue weighted by Crippen LogP contribution is 2.19. The molecule has 0 radical (unpaired) electrons. The lowest BCUT2D eigenvalue weighted by Crippen LogP contribution is -2.00. The molecule has 0 fully saturated rings. The molecule has 0 aliphatic carbocycles. The maximum Gasteiger partial charge on any atom is 0.215 e. The van der Waals surface area contributed by atoms with E-state index < -0.39 is 0 Å². The van der Waals surface area contributed by atoms with Crippen LogP contribution in [0.4, 0.5) is 0 Å². The molecule has 0 amide bonds. The fraction of sp³-hybridized carbons (Fsp3) is 0.0625. The highest BCUT2D eigenvalue weighted by Gasteiger charge is 2.10. The quantitative estimate of drug-likeness (QED) is 0.797. The van der Waals surface area contributed by atoms with E-state index in [0.717, 1.165) is 11.3 Å². The summed E-state index contributed by atoms with van der Waals surface area (Å²) in [6.07, 6.45) is 2.14. The molecule has 0 atom stereocenters. The lowest BCUT2D eigenvalue weighted by atomic mass is 10.1. The average molecular weight is 276 g/mol. The zero-order valence-corrected chi connectivity index (χ0v) is 11.1. The molecule has 5 heteroatoms. The third-order valence-corrected chi connectivity index (χ3v) is 3.06. The van der Waals surface area contributed by atoms with Gasteiger partial charge in [0.15, 0.2) is 5.82 Å². The van der Waals surface area contributed by atoms with E-state index in [1.807, 2.05) is 36.4 Å². The highest BCUT2D eigenvalue weighted by atomic mass is 16.3. The van der Waals surface area contributed by atoms with Gasteiger partial charge in [0.25, 0.3) is 0 Å². The zero-order valence-electron chi connectivity index (χ0n) is 11.1. The van der Waals surface area contributed by atoms with Gasteiger partial charge < -0.3 is 5.11 Å². The van der Waals surface area contributed by atoms with Gasteiger partial charge in [0.2, 0.25) is 5.88 Å². The Hall–Kier alpha value is -3.13. The van der Waals surface area contributed by atoms with Crippen molar-refractivity contribution >= 4 is 0 Å². The lowest BCUT2D eigenvalue weighted by molar-refractivity contribution is 0.432. The Kier molecular flexibility index (Phi) is 3.36. The van der Waals surface area contributed by atoms with Gasteiger partial charge in [0.1, 0.15) is 0 Å². The molecule has 0 saturated carbocycles. The average Bonchev–Trinajstić information content (AvgIpc) is 2.89. The van der Waals surface area contributed by atoms with Crippen molar-refractivity contribution < 1.29 is 5.11 Å². The van der Waals surface area contributed by atoms with Crippen LogP contribution in [0.15, 0.2) is 54.7 Å². The summed E-state index contributed by atoms with van der Waals surface area (Å²) in [6.45, 7) is 0. The number of rotatable bonds is 3. The number of nitriles is 1. The minimum atomic E-state index is 0.00326. The molecule has 0 saturated heterocycles. The molecule has 102 valence electrons. The van der Waals surface area contributed by atoms with Crippen LogP contribution >= 0.6 is 0 Å². The third-order valence-electron chi connectivity index (χ3n) is 3.06. The summed E-state index contributed by atoms with van der Waals surface area (Å²) in [5.41, 5.74) is 2.32. The Balaban J connectivity index is 1.93. The van der Waals surface area contributed by atoms with Crippen molar-refractivity contribution in [3.8, 4) is 17.8 Å². The lowest BCUT2D eigenvalue weighted by Gasteiger charge is -2.01. The fourth-order valence-corrected chi connectivity index (χ4v) is 2.08. The van der Waals surface area contributed by atoms with E-state index in [-0.39, 0.29) is 5.88 Å². The first-order valence-corrected chi connectivity index (χ1v) is 6.44. The van der Waals surface area contributed by atoms with Gasteiger partial charge in [-0.15, -0.1) is 0 Å². The number of nitrogens with zero attached hydrogens (tertiary/aromatic N) is 4. The van der Waals surface area contributed by atoms with Gasteiger partial charge in [-0.3, -0.25) is 0 Å². The molecule has 1 N–H and O–H groups in total. The van der Waals surface area contributed by atoms with Gasteiger partial charge in [0, 0.05) is 24.8 Å². The van der Waals surface area contributed by atoms with E-state index in [4.69, 9.17) is 5.26 Å². The van der Waals surface area contributed by atoms with Gasteiger partial charge in [-0.2, -0.15) is 15.0 Å². The molecule has 2 heterocycles. The Morgan fingerprint density at radius 3 is 2.71 bits per heavy atom. The number of aromatic hydroxyl groups is 1. The minimum Gasteiger partial charge on any atom is -0.493 e. The number of benzene rings is 1. The van der Waals surface area contributed by atoms with E-state index in [2.05, 4.69) is 10.1 Å². The number of hydrogen-bond acceptors (Lipinski definition) is 4. The maximum absolute atomic E-state index is 10.0. The molecule has 1 aromatic carbocycles. The van der Waals surface area contributed by atoms with Crippen LogP contribution in [0.3, 0.4) is 0 Å². The molecular weight excluding hydrogens is 264 g/mol. The molecule has 21 heavy (non-hydrogen) atoms. The van der Waals surface area contributed by atoms with Crippen LogP contribution in [0.25, 0.3) is 5.82 Å². The minimum absolute atomic E-state index is 0.00326. The van der Waals surface area contributed by atoms with Crippen molar-refractivity contribution in [3.63, 3.8) is 0 Å². The summed E-state index contributed by atoms with van der Waals surface area (Å²) >= 11 is 0. The van der Waals surface area contributed by atoms with Gasteiger partial charge in [-0.05, 0) is 11.6 Å². The topological polar surface area (TPSA) is 74.7 Å². The summed E-state index contributed by atoms with van der Waals surface area (Å²) in [4.78, 5) is 4.13. The normalized spacial score (nSPS) is 10.2. The smallest absolute Gasteiger partial charge is 0.215 e. The fourth-order valence-electron chi connectivity index (χ4n) is 2.08. The molecule has 0 aliphatic heterocycles. The number of hydrogen-bond donors (Lipinski definition) is 1. The molecule has 2 aromatic heterocycles. The van der Waals surface area contributed by atoms with E-state index in [0.29, 0.717) is 17.8 Å². The van der Waals surface area contributed by atoms with Crippen molar-refractivity contribution in [3.05, 3.63) is 71.5 Å². The Labute approximate surface area is 121 Å². The van der Waals surface area contributed by atoms with Crippen molar-refractivity contribution in [2.75, 3.05) is 0 Å². The summed E-state index contributed by atoms with van der Waals surface area (Å²) in [7, 11) is 0. The first kappa shape index (κ1) is 12.9. The SMILES string of the molecule is N#Cc1ccnc(-n2nc(Cc3ccccc3)cc2O)c1. The Bertz CT molecular complexity index is 803. The van der Waals surface area contributed by atoms with E-state index in [1.165, 1.54) is 10.9 Å². The second-order valence-corrected chi connectivity index (χ2v) is 4.58. The summed E-state index contributed by atoms with van der Waals surface area (Å²) in [6, 6.07) is 16.7.